The predicted molar refractivity (Wildman–Crippen MR) is 54.5 cm³/mol. The molecular formula is C10H18N2O3. The Balaban J connectivity index is 1.80. The van der Waals surface area contributed by atoms with Crippen molar-refractivity contribution in [3.63, 3.8) is 0 Å². The minimum atomic E-state index is -0.424. The molecule has 0 spiro atoms. The number of carbonyl (C=O) groups excluding carboxylic acids is 1. The van der Waals surface area contributed by atoms with Gasteiger partial charge in [-0.25, -0.2) is 0 Å². The van der Waals surface area contributed by atoms with Crippen LogP contribution in [0, 0.1) is 5.92 Å². The van der Waals surface area contributed by atoms with Gasteiger partial charge in [0.25, 0.3) is 5.91 Å². The van der Waals surface area contributed by atoms with Crippen LogP contribution < -0.4 is 10.6 Å². The molecule has 0 radical (unpaired) electrons. The van der Waals surface area contributed by atoms with Crippen LogP contribution in [0.2, 0.25) is 0 Å². The fraction of sp³-hybridized carbons (Fsp3) is 0.900. The molecule has 2 aliphatic heterocycles. The summed E-state index contributed by atoms with van der Waals surface area (Å²) in [4.78, 5) is 11.8. The van der Waals surface area contributed by atoms with Crippen LogP contribution in [-0.4, -0.2) is 51.0 Å². The lowest BCUT2D eigenvalue weighted by Gasteiger charge is -2.24. The lowest BCUT2D eigenvalue weighted by Crippen LogP contribution is -2.48. The third kappa shape index (κ3) is 2.68. The quantitative estimate of drug-likeness (QED) is 0.627. The number of carbonyl (C=O) groups is 1. The molecule has 1 amide bonds. The third-order valence-electron chi connectivity index (χ3n) is 2.95. The Bertz CT molecular complexity index is 229. The van der Waals surface area contributed by atoms with Gasteiger partial charge in [0.05, 0.1) is 19.8 Å². The smallest absolute Gasteiger partial charge is 0.251 e. The van der Waals surface area contributed by atoms with Crippen LogP contribution in [0.3, 0.4) is 0 Å². The fourth-order valence-electron chi connectivity index (χ4n) is 1.92. The average Bonchev–Trinajstić information content (AvgIpc) is 2.66. The molecule has 2 saturated heterocycles. The normalized spacial score (nSPS) is 36.5. The molecule has 0 aromatic rings. The molecule has 0 aromatic carbocycles. The van der Waals surface area contributed by atoms with E-state index >= 15 is 0 Å². The van der Waals surface area contributed by atoms with Crippen LogP contribution in [0.1, 0.15) is 6.92 Å². The molecule has 0 aromatic heterocycles. The Hall–Kier alpha value is -0.650. The van der Waals surface area contributed by atoms with Gasteiger partial charge in [0, 0.05) is 12.6 Å². The molecule has 3 unspecified atom stereocenters. The maximum Gasteiger partial charge on any atom is 0.251 e. The van der Waals surface area contributed by atoms with Gasteiger partial charge in [0.2, 0.25) is 0 Å². The zero-order valence-corrected chi connectivity index (χ0v) is 8.99. The lowest BCUT2D eigenvalue weighted by atomic mass is 10.1. The summed E-state index contributed by atoms with van der Waals surface area (Å²) in [6, 6.07) is 0.225. The van der Waals surface area contributed by atoms with E-state index in [1.807, 2.05) is 0 Å². The first kappa shape index (κ1) is 10.9. The summed E-state index contributed by atoms with van der Waals surface area (Å²) in [7, 11) is 0. The highest BCUT2D eigenvalue weighted by Crippen LogP contribution is 2.08. The zero-order valence-electron chi connectivity index (χ0n) is 8.99. The van der Waals surface area contributed by atoms with Crippen molar-refractivity contribution in [2.75, 3.05) is 32.9 Å². The van der Waals surface area contributed by atoms with Crippen molar-refractivity contribution in [1.82, 2.24) is 10.6 Å². The number of nitrogens with one attached hydrogen (secondary N) is 2. The van der Waals surface area contributed by atoms with E-state index in [1.165, 1.54) is 0 Å². The largest absolute Gasteiger partial charge is 0.376 e. The van der Waals surface area contributed by atoms with Crippen molar-refractivity contribution >= 4 is 5.91 Å². The van der Waals surface area contributed by atoms with Crippen molar-refractivity contribution in [2.45, 2.75) is 19.1 Å². The monoisotopic (exact) mass is 214 g/mol. The van der Waals surface area contributed by atoms with E-state index in [0.717, 1.165) is 13.1 Å². The standard InChI is InChI=1S/C10H18N2O3/c1-7-4-11-5-8(7)12-10(13)9-6-14-2-3-15-9/h7-9,11H,2-6H2,1H3,(H,12,13). The first-order valence-electron chi connectivity index (χ1n) is 5.48. The Kier molecular flexibility index (Phi) is 3.56. The summed E-state index contributed by atoms with van der Waals surface area (Å²) in [5.74, 6) is 0.439. The second-order valence-electron chi connectivity index (χ2n) is 4.18. The van der Waals surface area contributed by atoms with Gasteiger partial charge in [-0.1, -0.05) is 6.92 Å². The molecule has 0 aliphatic carbocycles. The molecule has 2 N–H and O–H groups in total. The maximum atomic E-state index is 11.8. The van der Waals surface area contributed by atoms with Gasteiger partial charge in [0.15, 0.2) is 6.10 Å². The van der Waals surface area contributed by atoms with E-state index in [-0.39, 0.29) is 11.9 Å². The summed E-state index contributed by atoms with van der Waals surface area (Å²) in [6.07, 6.45) is -0.424. The Morgan fingerprint density at radius 2 is 2.27 bits per heavy atom. The molecule has 2 rings (SSSR count). The second-order valence-corrected chi connectivity index (χ2v) is 4.18. The van der Waals surface area contributed by atoms with Crippen molar-refractivity contribution in [1.29, 1.82) is 0 Å². The molecule has 0 bridgehead atoms. The van der Waals surface area contributed by atoms with Crippen LogP contribution in [-0.2, 0) is 14.3 Å². The predicted octanol–water partition coefficient (Wildman–Crippen LogP) is -0.874. The molecule has 0 saturated carbocycles. The van der Waals surface area contributed by atoms with Crippen LogP contribution in [0.25, 0.3) is 0 Å². The number of rotatable bonds is 2. The van der Waals surface area contributed by atoms with Gasteiger partial charge in [-0.3, -0.25) is 4.79 Å². The van der Waals surface area contributed by atoms with E-state index in [4.69, 9.17) is 9.47 Å². The molecule has 5 heteroatoms. The molecule has 5 nitrogen and oxygen atoms in total. The van der Waals surface area contributed by atoms with Crippen LogP contribution in [0.4, 0.5) is 0 Å². The highest BCUT2D eigenvalue weighted by molar-refractivity contribution is 5.81. The summed E-state index contributed by atoms with van der Waals surface area (Å²) in [5, 5.41) is 6.24. The summed E-state index contributed by atoms with van der Waals surface area (Å²) >= 11 is 0. The Morgan fingerprint density at radius 1 is 1.40 bits per heavy atom. The summed E-state index contributed by atoms with van der Waals surface area (Å²) in [5.41, 5.74) is 0. The highest BCUT2D eigenvalue weighted by Gasteiger charge is 2.29. The number of hydrogen-bond donors (Lipinski definition) is 2. The second kappa shape index (κ2) is 4.92. The lowest BCUT2D eigenvalue weighted by molar-refractivity contribution is -0.148. The van der Waals surface area contributed by atoms with Gasteiger partial charge in [-0.15, -0.1) is 0 Å². The van der Waals surface area contributed by atoms with Gasteiger partial charge >= 0.3 is 0 Å². The Labute approximate surface area is 89.5 Å². The Morgan fingerprint density at radius 3 is 2.87 bits per heavy atom. The third-order valence-corrected chi connectivity index (χ3v) is 2.95. The van der Waals surface area contributed by atoms with Crippen LogP contribution in [0.15, 0.2) is 0 Å². The average molecular weight is 214 g/mol. The van der Waals surface area contributed by atoms with E-state index < -0.39 is 6.10 Å². The number of hydrogen-bond acceptors (Lipinski definition) is 4. The molecule has 2 aliphatic rings. The van der Waals surface area contributed by atoms with Gasteiger partial charge < -0.3 is 20.1 Å². The molecule has 2 heterocycles. The highest BCUT2D eigenvalue weighted by atomic mass is 16.6. The van der Waals surface area contributed by atoms with Gasteiger partial charge in [-0.2, -0.15) is 0 Å². The van der Waals surface area contributed by atoms with E-state index in [0.29, 0.717) is 25.7 Å². The zero-order chi connectivity index (χ0) is 10.7. The molecule has 3 atom stereocenters. The molecular weight excluding hydrogens is 196 g/mol. The van der Waals surface area contributed by atoms with Crippen molar-refractivity contribution in [2.24, 2.45) is 5.92 Å². The van der Waals surface area contributed by atoms with Gasteiger partial charge in [-0.05, 0) is 12.5 Å². The molecule has 86 valence electrons. The number of ether oxygens (including phenoxy) is 2. The van der Waals surface area contributed by atoms with Crippen LogP contribution >= 0.6 is 0 Å². The minimum Gasteiger partial charge on any atom is -0.376 e. The van der Waals surface area contributed by atoms with Crippen molar-refractivity contribution < 1.29 is 14.3 Å². The molecule has 15 heavy (non-hydrogen) atoms. The number of amides is 1. The van der Waals surface area contributed by atoms with E-state index in [1.54, 1.807) is 0 Å². The van der Waals surface area contributed by atoms with Gasteiger partial charge in [0.1, 0.15) is 0 Å². The summed E-state index contributed by atoms with van der Waals surface area (Å²) < 4.78 is 10.5. The minimum absolute atomic E-state index is 0.0461. The maximum absolute atomic E-state index is 11.8. The molecule has 2 fully saturated rings. The first-order valence-corrected chi connectivity index (χ1v) is 5.48. The van der Waals surface area contributed by atoms with Crippen molar-refractivity contribution in [3.05, 3.63) is 0 Å². The fourth-order valence-corrected chi connectivity index (χ4v) is 1.92. The first-order chi connectivity index (χ1) is 7.27. The van der Waals surface area contributed by atoms with Crippen LogP contribution in [0.5, 0.6) is 0 Å². The summed E-state index contributed by atoms with van der Waals surface area (Å²) in [6.45, 7) is 5.42. The van der Waals surface area contributed by atoms with Crippen molar-refractivity contribution in [3.8, 4) is 0 Å². The van der Waals surface area contributed by atoms with E-state index in [9.17, 15) is 4.79 Å². The SMILES string of the molecule is CC1CNCC1NC(=O)C1COCCO1. The topological polar surface area (TPSA) is 59.6 Å². The van der Waals surface area contributed by atoms with E-state index in [2.05, 4.69) is 17.6 Å².